The highest BCUT2D eigenvalue weighted by Crippen LogP contribution is 2.61. The van der Waals surface area contributed by atoms with Crippen LogP contribution >= 0.6 is 0 Å². The first-order chi connectivity index (χ1) is 11.2. The van der Waals surface area contributed by atoms with Crippen molar-refractivity contribution >= 4 is 12.1 Å². The summed E-state index contributed by atoms with van der Waals surface area (Å²) in [6.07, 6.45) is 5.86. The summed E-state index contributed by atoms with van der Waals surface area (Å²) in [4.78, 5) is 25.6. The molecule has 1 spiro atoms. The number of esters is 1. The van der Waals surface area contributed by atoms with Crippen molar-refractivity contribution in [1.82, 2.24) is 4.90 Å². The molecule has 0 N–H and O–H groups in total. The second kappa shape index (κ2) is 6.08. The molecular weight excluding hydrogens is 306 g/mol. The van der Waals surface area contributed by atoms with Gasteiger partial charge in [-0.25, -0.2) is 9.59 Å². The van der Waals surface area contributed by atoms with Crippen molar-refractivity contribution in [2.45, 2.75) is 59.0 Å². The standard InChI is InChI=1S/C19H29NO4/c1-5-23-16(21)6-13-7-19(8-13)9-14-11-20(12-15(14)10-19)17(22)24-18(2,3)4/h6,14-15H,5,7-12H2,1-4H3. The van der Waals surface area contributed by atoms with Crippen molar-refractivity contribution in [2.24, 2.45) is 17.3 Å². The van der Waals surface area contributed by atoms with Gasteiger partial charge in [0.2, 0.25) is 0 Å². The highest BCUT2D eigenvalue weighted by Gasteiger charge is 2.54. The van der Waals surface area contributed by atoms with E-state index in [1.807, 2.05) is 32.6 Å². The van der Waals surface area contributed by atoms with Crippen LogP contribution in [0.5, 0.6) is 0 Å². The molecule has 2 aliphatic carbocycles. The molecule has 3 aliphatic rings. The number of ether oxygens (including phenoxy) is 2. The zero-order valence-corrected chi connectivity index (χ0v) is 15.3. The lowest BCUT2D eigenvalue weighted by molar-refractivity contribution is -0.137. The molecule has 24 heavy (non-hydrogen) atoms. The van der Waals surface area contributed by atoms with E-state index in [1.165, 1.54) is 5.57 Å². The Morgan fingerprint density at radius 3 is 2.29 bits per heavy atom. The molecule has 5 nitrogen and oxygen atoms in total. The maximum atomic E-state index is 12.2. The number of fused-ring (bicyclic) bond motifs is 1. The van der Waals surface area contributed by atoms with Gasteiger partial charge < -0.3 is 14.4 Å². The third-order valence-corrected chi connectivity index (χ3v) is 5.43. The summed E-state index contributed by atoms with van der Waals surface area (Å²) in [5.74, 6) is 0.958. The molecule has 2 unspecified atom stereocenters. The zero-order valence-electron chi connectivity index (χ0n) is 15.3. The number of hydrogen-bond acceptors (Lipinski definition) is 4. The van der Waals surface area contributed by atoms with Crippen LogP contribution in [0.2, 0.25) is 0 Å². The quantitative estimate of drug-likeness (QED) is 0.572. The lowest BCUT2D eigenvalue weighted by Crippen LogP contribution is -2.37. The number of amides is 1. The minimum atomic E-state index is -0.434. The Morgan fingerprint density at radius 1 is 1.21 bits per heavy atom. The summed E-state index contributed by atoms with van der Waals surface area (Å²) in [5.41, 5.74) is 1.15. The van der Waals surface area contributed by atoms with Crippen molar-refractivity contribution in [3.05, 3.63) is 11.6 Å². The van der Waals surface area contributed by atoms with E-state index in [4.69, 9.17) is 9.47 Å². The second-order valence-electron chi connectivity index (χ2n) is 8.72. The average Bonchev–Trinajstić information content (AvgIpc) is 2.91. The summed E-state index contributed by atoms with van der Waals surface area (Å²) < 4.78 is 10.5. The third-order valence-electron chi connectivity index (χ3n) is 5.43. The molecule has 0 aromatic carbocycles. The average molecular weight is 335 g/mol. The molecule has 1 aliphatic heterocycles. The SMILES string of the molecule is CCOC(=O)C=C1CC2(C1)CC1CN(C(=O)OC(C)(C)C)CC1C2. The van der Waals surface area contributed by atoms with Crippen LogP contribution in [0.15, 0.2) is 11.6 Å². The number of likely N-dealkylation sites (tertiary alicyclic amines) is 1. The van der Waals surface area contributed by atoms with Crippen LogP contribution in [-0.4, -0.2) is 42.3 Å². The molecule has 1 heterocycles. The third kappa shape index (κ3) is 3.60. The van der Waals surface area contributed by atoms with E-state index in [0.29, 0.717) is 23.9 Å². The Labute approximate surface area is 144 Å². The maximum absolute atomic E-state index is 12.2. The van der Waals surface area contributed by atoms with Gasteiger partial charge in [-0.2, -0.15) is 0 Å². The van der Waals surface area contributed by atoms with Crippen LogP contribution in [-0.2, 0) is 14.3 Å². The number of carbonyl (C=O) groups is 2. The predicted molar refractivity (Wildman–Crippen MR) is 90.4 cm³/mol. The molecule has 1 amide bonds. The van der Waals surface area contributed by atoms with Crippen LogP contribution in [0.1, 0.15) is 53.4 Å². The summed E-state index contributed by atoms with van der Waals surface area (Å²) in [7, 11) is 0. The highest BCUT2D eigenvalue weighted by atomic mass is 16.6. The number of allylic oxidation sites excluding steroid dienone is 1. The van der Waals surface area contributed by atoms with Gasteiger partial charge in [0.25, 0.3) is 0 Å². The lowest BCUT2D eigenvalue weighted by Gasteiger charge is -2.42. The van der Waals surface area contributed by atoms with Crippen molar-refractivity contribution in [3.8, 4) is 0 Å². The molecule has 0 radical (unpaired) electrons. The van der Waals surface area contributed by atoms with Gasteiger partial charge in [0.15, 0.2) is 0 Å². The van der Waals surface area contributed by atoms with Crippen LogP contribution in [0.25, 0.3) is 0 Å². The monoisotopic (exact) mass is 335 g/mol. The van der Waals surface area contributed by atoms with E-state index in [-0.39, 0.29) is 12.1 Å². The predicted octanol–water partition coefficient (Wildman–Crippen LogP) is 3.53. The van der Waals surface area contributed by atoms with Gasteiger partial charge in [-0.05, 0) is 70.6 Å². The Kier molecular flexibility index (Phi) is 4.39. The van der Waals surface area contributed by atoms with E-state index < -0.39 is 5.60 Å². The van der Waals surface area contributed by atoms with Crippen LogP contribution in [0, 0.1) is 17.3 Å². The molecule has 0 aromatic rings. The minimum Gasteiger partial charge on any atom is -0.463 e. The van der Waals surface area contributed by atoms with E-state index in [2.05, 4.69) is 0 Å². The molecule has 134 valence electrons. The van der Waals surface area contributed by atoms with Crippen molar-refractivity contribution < 1.29 is 19.1 Å². The van der Waals surface area contributed by atoms with Gasteiger partial charge in [0.1, 0.15) is 5.60 Å². The van der Waals surface area contributed by atoms with Gasteiger partial charge in [0.05, 0.1) is 6.61 Å². The van der Waals surface area contributed by atoms with Gasteiger partial charge in [-0.15, -0.1) is 0 Å². The molecule has 1 saturated heterocycles. The first kappa shape index (κ1) is 17.3. The largest absolute Gasteiger partial charge is 0.463 e. The lowest BCUT2D eigenvalue weighted by atomic mass is 9.63. The first-order valence-corrected chi connectivity index (χ1v) is 9.04. The summed E-state index contributed by atoms with van der Waals surface area (Å²) in [5, 5.41) is 0. The van der Waals surface area contributed by atoms with E-state index in [0.717, 1.165) is 38.8 Å². The first-order valence-electron chi connectivity index (χ1n) is 9.04. The van der Waals surface area contributed by atoms with Crippen molar-refractivity contribution in [2.75, 3.05) is 19.7 Å². The molecule has 0 aromatic heterocycles. The Bertz CT molecular complexity index is 536. The minimum absolute atomic E-state index is 0.178. The van der Waals surface area contributed by atoms with Crippen molar-refractivity contribution in [1.29, 1.82) is 0 Å². The van der Waals surface area contributed by atoms with E-state index in [9.17, 15) is 9.59 Å². The fourth-order valence-electron chi connectivity index (χ4n) is 4.73. The summed E-state index contributed by atoms with van der Waals surface area (Å²) in [6.45, 7) is 9.61. The van der Waals surface area contributed by atoms with E-state index >= 15 is 0 Å². The van der Waals surface area contributed by atoms with Gasteiger partial charge in [-0.3, -0.25) is 0 Å². The number of nitrogens with zero attached hydrogens (tertiary/aromatic N) is 1. The molecule has 5 heteroatoms. The topological polar surface area (TPSA) is 55.8 Å². The molecule has 3 rings (SSSR count). The van der Waals surface area contributed by atoms with Gasteiger partial charge >= 0.3 is 12.1 Å². The Morgan fingerprint density at radius 2 is 1.79 bits per heavy atom. The summed E-state index contributed by atoms with van der Waals surface area (Å²) >= 11 is 0. The van der Waals surface area contributed by atoms with Crippen molar-refractivity contribution in [3.63, 3.8) is 0 Å². The molecule has 2 atom stereocenters. The molecule has 2 saturated carbocycles. The fourth-order valence-corrected chi connectivity index (χ4v) is 4.73. The maximum Gasteiger partial charge on any atom is 0.410 e. The summed E-state index contributed by atoms with van der Waals surface area (Å²) in [6, 6.07) is 0. The molecule has 3 fully saturated rings. The van der Waals surface area contributed by atoms with Gasteiger partial charge in [-0.1, -0.05) is 5.57 Å². The number of carbonyl (C=O) groups excluding carboxylic acids is 2. The Hall–Kier alpha value is -1.52. The van der Waals surface area contributed by atoms with Crippen LogP contribution < -0.4 is 0 Å². The number of rotatable bonds is 2. The molecule has 0 bridgehead atoms. The number of hydrogen-bond donors (Lipinski definition) is 0. The highest BCUT2D eigenvalue weighted by molar-refractivity contribution is 5.83. The smallest absolute Gasteiger partial charge is 0.410 e. The van der Waals surface area contributed by atoms with Gasteiger partial charge in [0, 0.05) is 19.2 Å². The fraction of sp³-hybridized carbons (Fsp3) is 0.789. The molecular formula is C19H29NO4. The van der Waals surface area contributed by atoms with Crippen LogP contribution in [0.4, 0.5) is 4.79 Å². The normalized spacial score (nSPS) is 31.7. The Balaban J connectivity index is 1.50. The van der Waals surface area contributed by atoms with E-state index in [1.54, 1.807) is 6.08 Å². The van der Waals surface area contributed by atoms with Crippen LogP contribution in [0.3, 0.4) is 0 Å². The second-order valence-corrected chi connectivity index (χ2v) is 8.72. The zero-order chi connectivity index (χ0) is 17.5.